The van der Waals surface area contributed by atoms with Gasteiger partial charge in [0.2, 0.25) is 0 Å². The maximum absolute atomic E-state index is 12.0. The number of carbonyl (C=O) groups excluding carboxylic acids is 1. The molecule has 0 saturated carbocycles. The lowest BCUT2D eigenvalue weighted by Gasteiger charge is -2.38. The zero-order valence-corrected chi connectivity index (χ0v) is 13.9. The Bertz CT molecular complexity index is 299. The lowest BCUT2D eigenvalue weighted by atomic mass is 9.89. The van der Waals surface area contributed by atoms with Gasteiger partial charge < -0.3 is 15.0 Å². The zero-order valence-electron chi connectivity index (χ0n) is 13.9. The number of piperidine rings is 1. The molecule has 20 heavy (non-hydrogen) atoms. The van der Waals surface area contributed by atoms with Gasteiger partial charge in [0.05, 0.1) is 6.61 Å². The van der Waals surface area contributed by atoms with Gasteiger partial charge in [-0.25, -0.2) is 4.79 Å². The third kappa shape index (κ3) is 6.12. The monoisotopic (exact) mass is 284 g/mol. The summed E-state index contributed by atoms with van der Waals surface area (Å²) in [7, 11) is 0. The maximum Gasteiger partial charge on any atom is 0.409 e. The summed E-state index contributed by atoms with van der Waals surface area (Å²) in [6.45, 7) is 13.8. The standard InChI is InChI=1S/C16H32N2O2/c1-6-8-13-9-14(17-12-16(3,4)5)11-18(10-13)15(19)20-7-2/h13-14,17H,6-12H2,1-5H3. The molecule has 4 nitrogen and oxygen atoms in total. The van der Waals surface area contributed by atoms with E-state index in [0.717, 1.165) is 19.6 Å². The Morgan fingerprint density at radius 2 is 2.00 bits per heavy atom. The molecule has 2 atom stereocenters. The minimum absolute atomic E-state index is 0.157. The van der Waals surface area contributed by atoms with Gasteiger partial charge in [0, 0.05) is 25.7 Å². The summed E-state index contributed by atoms with van der Waals surface area (Å²) in [6, 6.07) is 0.393. The maximum atomic E-state index is 12.0. The van der Waals surface area contributed by atoms with E-state index in [4.69, 9.17) is 4.74 Å². The number of likely N-dealkylation sites (tertiary alicyclic amines) is 1. The molecule has 1 N–H and O–H groups in total. The molecular formula is C16H32N2O2. The summed E-state index contributed by atoms with van der Waals surface area (Å²) < 4.78 is 5.16. The van der Waals surface area contributed by atoms with Crippen molar-refractivity contribution in [2.45, 2.75) is 59.9 Å². The van der Waals surface area contributed by atoms with E-state index in [2.05, 4.69) is 33.0 Å². The number of nitrogens with one attached hydrogen (secondary N) is 1. The Labute approximate surface area is 124 Å². The SMILES string of the molecule is CCCC1CC(NCC(C)(C)C)CN(C(=O)OCC)C1. The summed E-state index contributed by atoms with van der Waals surface area (Å²) in [5, 5.41) is 3.63. The first-order valence-electron chi connectivity index (χ1n) is 8.00. The predicted octanol–water partition coefficient (Wildman–Crippen LogP) is 3.27. The van der Waals surface area contributed by atoms with Gasteiger partial charge in [0.1, 0.15) is 0 Å². The number of nitrogens with zero attached hydrogens (tertiary/aromatic N) is 1. The van der Waals surface area contributed by atoms with Crippen molar-refractivity contribution in [3.8, 4) is 0 Å². The van der Waals surface area contributed by atoms with Crippen molar-refractivity contribution in [3.63, 3.8) is 0 Å². The van der Waals surface area contributed by atoms with E-state index in [9.17, 15) is 4.79 Å². The third-order valence-corrected chi connectivity index (χ3v) is 3.68. The van der Waals surface area contributed by atoms with Crippen LogP contribution in [0.1, 0.15) is 53.9 Å². The molecule has 0 spiro atoms. The fourth-order valence-corrected chi connectivity index (χ4v) is 2.78. The second-order valence-corrected chi connectivity index (χ2v) is 7.13. The molecule has 2 unspecified atom stereocenters. The highest BCUT2D eigenvalue weighted by Gasteiger charge is 2.30. The number of carbonyl (C=O) groups is 1. The van der Waals surface area contributed by atoms with Crippen LogP contribution < -0.4 is 5.32 Å². The van der Waals surface area contributed by atoms with Gasteiger partial charge in [-0.05, 0) is 31.1 Å². The lowest BCUT2D eigenvalue weighted by Crippen LogP contribution is -2.52. The molecule has 0 radical (unpaired) electrons. The molecule has 0 bridgehead atoms. The van der Waals surface area contributed by atoms with Crippen LogP contribution in [0.4, 0.5) is 4.79 Å². The second-order valence-electron chi connectivity index (χ2n) is 7.13. The van der Waals surface area contributed by atoms with Crippen LogP contribution in [0.3, 0.4) is 0 Å². The molecule has 118 valence electrons. The van der Waals surface area contributed by atoms with Crippen LogP contribution in [0.2, 0.25) is 0 Å². The summed E-state index contributed by atoms with van der Waals surface area (Å²) >= 11 is 0. The Morgan fingerprint density at radius 3 is 2.55 bits per heavy atom. The van der Waals surface area contributed by atoms with Crippen molar-refractivity contribution < 1.29 is 9.53 Å². The number of hydrogen-bond acceptors (Lipinski definition) is 3. The van der Waals surface area contributed by atoms with E-state index in [1.807, 2.05) is 11.8 Å². The van der Waals surface area contributed by atoms with E-state index in [1.54, 1.807) is 0 Å². The van der Waals surface area contributed by atoms with Gasteiger partial charge in [0.15, 0.2) is 0 Å². The highest BCUT2D eigenvalue weighted by Crippen LogP contribution is 2.23. The smallest absolute Gasteiger partial charge is 0.409 e. The number of amides is 1. The average Bonchev–Trinajstić information content (AvgIpc) is 2.36. The number of hydrogen-bond donors (Lipinski definition) is 1. The van der Waals surface area contributed by atoms with Crippen molar-refractivity contribution in [1.82, 2.24) is 10.2 Å². The van der Waals surface area contributed by atoms with Crippen LogP contribution in [-0.4, -0.2) is 43.3 Å². The van der Waals surface area contributed by atoms with Crippen LogP contribution in [0.25, 0.3) is 0 Å². The molecule has 4 heteroatoms. The first-order chi connectivity index (χ1) is 9.35. The van der Waals surface area contributed by atoms with Crippen molar-refractivity contribution in [1.29, 1.82) is 0 Å². The summed E-state index contributed by atoms with van der Waals surface area (Å²) in [4.78, 5) is 13.9. The normalized spacial score (nSPS) is 23.8. The minimum Gasteiger partial charge on any atom is -0.450 e. The fraction of sp³-hybridized carbons (Fsp3) is 0.938. The third-order valence-electron chi connectivity index (χ3n) is 3.68. The number of rotatable bonds is 5. The van der Waals surface area contributed by atoms with Gasteiger partial charge in [-0.2, -0.15) is 0 Å². The van der Waals surface area contributed by atoms with Crippen LogP contribution in [-0.2, 0) is 4.74 Å². The van der Waals surface area contributed by atoms with E-state index in [0.29, 0.717) is 18.6 Å². The molecular weight excluding hydrogens is 252 g/mol. The first kappa shape index (κ1) is 17.3. The number of ether oxygens (including phenoxy) is 1. The predicted molar refractivity (Wildman–Crippen MR) is 82.9 cm³/mol. The largest absolute Gasteiger partial charge is 0.450 e. The summed E-state index contributed by atoms with van der Waals surface area (Å²) in [5.41, 5.74) is 0.270. The second kappa shape index (κ2) is 7.87. The van der Waals surface area contributed by atoms with Crippen molar-refractivity contribution in [3.05, 3.63) is 0 Å². The quantitative estimate of drug-likeness (QED) is 0.842. The Morgan fingerprint density at radius 1 is 1.30 bits per heavy atom. The molecule has 0 aromatic heterocycles. The Kier molecular flexibility index (Phi) is 6.80. The highest BCUT2D eigenvalue weighted by atomic mass is 16.6. The summed E-state index contributed by atoms with van der Waals surface area (Å²) in [5.74, 6) is 0.593. The molecule has 1 fully saturated rings. The molecule has 1 aliphatic heterocycles. The molecule has 1 amide bonds. The van der Waals surface area contributed by atoms with E-state index < -0.39 is 0 Å². The van der Waals surface area contributed by atoms with Gasteiger partial charge in [0.25, 0.3) is 0 Å². The topological polar surface area (TPSA) is 41.6 Å². The highest BCUT2D eigenvalue weighted by molar-refractivity contribution is 5.67. The molecule has 1 rings (SSSR count). The summed E-state index contributed by atoms with van der Waals surface area (Å²) in [6.07, 6.45) is 3.37. The van der Waals surface area contributed by atoms with Crippen LogP contribution in [0.15, 0.2) is 0 Å². The van der Waals surface area contributed by atoms with E-state index in [1.165, 1.54) is 19.3 Å². The van der Waals surface area contributed by atoms with E-state index >= 15 is 0 Å². The fourth-order valence-electron chi connectivity index (χ4n) is 2.78. The van der Waals surface area contributed by atoms with Crippen molar-refractivity contribution in [2.24, 2.45) is 11.3 Å². The molecule has 0 aromatic carbocycles. The lowest BCUT2D eigenvalue weighted by molar-refractivity contribution is 0.0759. The average molecular weight is 284 g/mol. The van der Waals surface area contributed by atoms with Crippen LogP contribution in [0, 0.1) is 11.3 Å². The Balaban J connectivity index is 2.58. The molecule has 1 aliphatic rings. The van der Waals surface area contributed by atoms with Gasteiger partial charge in [-0.3, -0.25) is 0 Å². The first-order valence-corrected chi connectivity index (χ1v) is 8.00. The zero-order chi connectivity index (χ0) is 15.2. The van der Waals surface area contributed by atoms with Crippen LogP contribution >= 0.6 is 0 Å². The van der Waals surface area contributed by atoms with Gasteiger partial charge in [-0.1, -0.05) is 34.1 Å². The van der Waals surface area contributed by atoms with Gasteiger partial charge in [-0.15, -0.1) is 0 Å². The molecule has 1 heterocycles. The van der Waals surface area contributed by atoms with Crippen molar-refractivity contribution in [2.75, 3.05) is 26.2 Å². The van der Waals surface area contributed by atoms with Crippen LogP contribution in [0.5, 0.6) is 0 Å². The molecule has 0 aromatic rings. The molecule has 1 saturated heterocycles. The Hall–Kier alpha value is -0.770. The van der Waals surface area contributed by atoms with E-state index in [-0.39, 0.29) is 11.5 Å². The van der Waals surface area contributed by atoms with Gasteiger partial charge >= 0.3 is 6.09 Å². The minimum atomic E-state index is -0.157. The van der Waals surface area contributed by atoms with Crippen molar-refractivity contribution >= 4 is 6.09 Å². The molecule has 0 aliphatic carbocycles.